The summed E-state index contributed by atoms with van der Waals surface area (Å²) in [6.07, 6.45) is 0. The molecule has 0 atom stereocenters. The SMILES string of the molecule is CC1(C)c2cc(-c3ccccc3)ccc2-c2ccc(N(c3ccc(-c4ccc(-c5ccc6oc7ccccc7c6c5)cc4)cc3)c3ccc(-c4cccc5c4oc4ccccc45)cc3)cc21.CC1(C)c2cc(-c3ccccc3)ccc2-c2ccc(N(c3ccc(-c4cccc5c4oc4ccccc45)cc3)c3ccc(-c4ccc5oc6ccccc6c5c4)c4ccccc34)cc21. The Balaban J connectivity index is 0.000000140. The van der Waals surface area contributed by atoms with Gasteiger partial charge in [-0.05, 0) is 244 Å². The summed E-state index contributed by atoms with van der Waals surface area (Å²) in [6, 6.07) is 158. The number of nitrogens with zero attached hydrogens (tertiary/aromatic N) is 2. The first kappa shape index (κ1) is 75.9. The Kier molecular flexibility index (Phi) is 17.6. The predicted octanol–water partition coefficient (Wildman–Crippen LogP) is 35.3. The molecule has 0 aliphatic heterocycles. The van der Waals surface area contributed by atoms with Gasteiger partial charge in [0.15, 0.2) is 0 Å². The molecule has 0 amide bonds. The van der Waals surface area contributed by atoms with Crippen molar-refractivity contribution in [2.45, 2.75) is 38.5 Å². The smallest absolute Gasteiger partial charge is 0.143 e. The predicted molar refractivity (Wildman–Crippen MR) is 542 cm³/mol. The zero-order valence-corrected chi connectivity index (χ0v) is 72.1. The molecule has 0 saturated heterocycles. The lowest BCUT2D eigenvalue weighted by molar-refractivity contribution is 0.660. The quantitative estimate of drug-likeness (QED) is 0.115. The molecule has 6 nitrogen and oxygen atoms in total. The third-order valence-electron chi connectivity index (χ3n) is 27.6. The van der Waals surface area contributed by atoms with Crippen LogP contribution in [0.2, 0.25) is 0 Å². The van der Waals surface area contributed by atoms with Crippen LogP contribution in [0.1, 0.15) is 49.9 Å². The second-order valence-electron chi connectivity index (χ2n) is 35.7. The first-order valence-electron chi connectivity index (χ1n) is 44.8. The minimum atomic E-state index is -0.214. The highest BCUT2D eigenvalue weighted by atomic mass is 16.3. The molecule has 2 aliphatic carbocycles. The Morgan fingerprint density at radius 3 is 0.923 bits per heavy atom. The molecule has 130 heavy (non-hydrogen) atoms. The summed E-state index contributed by atoms with van der Waals surface area (Å²) in [5.74, 6) is 0. The molecule has 4 heterocycles. The van der Waals surface area contributed by atoms with Crippen LogP contribution in [0.5, 0.6) is 0 Å². The van der Waals surface area contributed by atoms with Gasteiger partial charge < -0.3 is 27.5 Å². The number of hydrogen-bond donors (Lipinski definition) is 0. The lowest BCUT2D eigenvalue weighted by atomic mass is 9.81. The molecule has 614 valence electrons. The number of hydrogen-bond acceptors (Lipinski definition) is 6. The maximum absolute atomic E-state index is 6.50. The second-order valence-corrected chi connectivity index (χ2v) is 35.7. The normalized spacial score (nSPS) is 12.9. The van der Waals surface area contributed by atoms with Gasteiger partial charge in [-0.2, -0.15) is 0 Å². The van der Waals surface area contributed by atoms with Gasteiger partial charge in [-0.3, -0.25) is 0 Å². The molecule has 0 fully saturated rings. The van der Waals surface area contributed by atoms with Crippen molar-refractivity contribution in [3.05, 3.63) is 459 Å². The fourth-order valence-corrected chi connectivity index (χ4v) is 20.9. The van der Waals surface area contributed by atoms with Crippen LogP contribution in [0.4, 0.5) is 34.1 Å². The molecule has 6 heteroatoms. The summed E-state index contributed by atoms with van der Waals surface area (Å²) in [4.78, 5) is 4.84. The van der Waals surface area contributed by atoms with Crippen molar-refractivity contribution in [3.63, 3.8) is 0 Å². The van der Waals surface area contributed by atoms with Crippen LogP contribution in [0.15, 0.2) is 454 Å². The van der Waals surface area contributed by atoms with Gasteiger partial charge in [-0.25, -0.2) is 0 Å². The van der Waals surface area contributed by atoms with E-state index in [0.29, 0.717) is 0 Å². The zero-order chi connectivity index (χ0) is 86.5. The molecule has 0 spiro atoms. The molecule has 2 aliphatic rings. The van der Waals surface area contributed by atoms with Gasteiger partial charge in [0, 0.05) is 98.9 Å². The van der Waals surface area contributed by atoms with Crippen molar-refractivity contribution < 1.29 is 17.7 Å². The van der Waals surface area contributed by atoms with Crippen molar-refractivity contribution >= 4 is 133 Å². The standard InChI is InChI=1S/C63H43NO2.C61H41NO2/c1-63(2)57-38-46(40-11-4-3-5-12-40)27-34-51(57)52-35-33-49(39-58(52)63)64(48-31-25-44(26-32-48)50-15-10-16-55-53-13-6-9-18-60(53)66-62(50)55)47-29-23-42(24-30-47)41-19-21-43(22-20-41)45-28-36-61-56(37-45)54-14-7-8-17-59(54)65-61;1-61(2)54-36-40(38-13-4-3-5-14-38)25-30-47(54)48-31-29-43(37-55(48)61)62(42-27-23-39(24-28-42)45-19-12-20-52-50-17-8-11-22-58(50)64-60(45)52)56-33-32-44(46-15-6-7-16-49(46)56)41-26-34-59-53(35-41)51-18-9-10-21-57(51)63-59/h3-39H,1-2H3;3-37H,1-2H3. The summed E-state index contributed by atoms with van der Waals surface area (Å²) in [7, 11) is 0. The molecule has 0 N–H and O–H groups in total. The van der Waals surface area contributed by atoms with Gasteiger partial charge in [0.2, 0.25) is 0 Å². The van der Waals surface area contributed by atoms with Gasteiger partial charge in [0.1, 0.15) is 44.7 Å². The highest BCUT2D eigenvalue weighted by Gasteiger charge is 2.39. The molecule has 0 unspecified atom stereocenters. The molecular formula is C124H84N2O4. The van der Waals surface area contributed by atoms with Crippen LogP contribution in [0, 0.1) is 0 Å². The highest BCUT2D eigenvalue weighted by Crippen LogP contribution is 2.56. The third-order valence-corrected chi connectivity index (χ3v) is 27.6. The van der Waals surface area contributed by atoms with Crippen LogP contribution in [-0.4, -0.2) is 0 Å². The Labute approximate surface area is 752 Å². The maximum atomic E-state index is 6.50. The van der Waals surface area contributed by atoms with Crippen molar-refractivity contribution in [2.24, 2.45) is 0 Å². The largest absolute Gasteiger partial charge is 0.456 e. The summed E-state index contributed by atoms with van der Waals surface area (Å²) >= 11 is 0. The molecule has 0 radical (unpaired) electrons. The average molecular weight is 1670 g/mol. The summed E-state index contributed by atoms with van der Waals surface area (Å²) < 4.78 is 25.3. The molecular weight excluding hydrogens is 1580 g/mol. The topological polar surface area (TPSA) is 59.0 Å². The fraction of sp³-hybridized carbons (Fsp3) is 0.0484. The maximum Gasteiger partial charge on any atom is 0.143 e. The molecule has 0 bridgehead atoms. The van der Waals surface area contributed by atoms with E-state index in [4.69, 9.17) is 17.7 Å². The molecule has 0 saturated carbocycles. The van der Waals surface area contributed by atoms with E-state index >= 15 is 0 Å². The van der Waals surface area contributed by atoms with E-state index in [0.717, 1.165) is 155 Å². The summed E-state index contributed by atoms with van der Waals surface area (Å²) in [6.45, 7) is 9.48. The number of furan rings is 4. The summed E-state index contributed by atoms with van der Waals surface area (Å²) in [5.41, 5.74) is 40.3. The number of fused-ring (bicyclic) bond motifs is 19. The zero-order valence-electron chi connectivity index (χ0n) is 72.1. The first-order valence-corrected chi connectivity index (χ1v) is 44.8. The highest BCUT2D eigenvalue weighted by molar-refractivity contribution is 6.14. The number of para-hydroxylation sites is 6. The van der Waals surface area contributed by atoms with E-state index in [2.05, 4.69) is 426 Å². The van der Waals surface area contributed by atoms with Crippen LogP contribution >= 0.6 is 0 Å². The van der Waals surface area contributed by atoms with Gasteiger partial charge in [-0.1, -0.05) is 337 Å². The van der Waals surface area contributed by atoms with Crippen molar-refractivity contribution in [3.8, 4) is 100 Å². The molecule has 26 rings (SSSR count). The van der Waals surface area contributed by atoms with Gasteiger partial charge in [0.05, 0.1) is 5.69 Å². The van der Waals surface area contributed by atoms with Crippen LogP contribution < -0.4 is 9.80 Å². The van der Waals surface area contributed by atoms with Crippen molar-refractivity contribution in [1.82, 2.24) is 0 Å². The monoisotopic (exact) mass is 1660 g/mol. The van der Waals surface area contributed by atoms with Crippen LogP contribution in [0.3, 0.4) is 0 Å². The van der Waals surface area contributed by atoms with E-state index in [1.54, 1.807) is 0 Å². The van der Waals surface area contributed by atoms with E-state index < -0.39 is 0 Å². The van der Waals surface area contributed by atoms with E-state index in [1.807, 2.05) is 48.5 Å². The van der Waals surface area contributed by atoms with Crippen molar-refractivity contribution in [2.75, 3.05) is 9.80 Å². The van der Waals surface area contributed by atoms with E-state index in [1.165, 1.54) is 99.8 Å². The number of rotatable bonds is 13. The fourth-order valence-electron chi connectivity index (χ4n) is 20.9. The van der Waals surface area contributed by atoms with E-state index in [9.17, 15) is 0 Å². The minimum Gasteiger partial charge on any atom is -0.456 e. The summed E-state index contributed by atoms with van der Waals surface area (Å²) in [5, 5.41) is 11.4. The number of benzene rings is 20. The Morgan fingerprint density at radius 1 is 0.162 bits per heavy atom. The number of anilines is 6. The second kappa shape index (κ2) is 30.1. The Bertz CT molecular complexity index is 8640. The minimum absolute atomic E-state index is 0.194. The molecule has 4 aromatic heterocycles. The third kappa shape index (κ3) is 12.5. The first-order chi connectivity index (χ1) is 63.9. The van der Waals surface area contributed by atoms with E-state index in [-0.39, 0.29) is 10.8 Å². The Morgan fingerprint density at radius 2 is 0.454 bits per heavy atom. The average Bonchev–Trinajstić information content (AvgIpc) is 1.58. The molecule has 20 aromatic carbocycles. The van der Waals surface area contributed by atoms with Crippen LogP contribution in [0.25, 0.3) is 199 Å². The van der Waals surface area contributed by atoms with Crippen molar-refractivity contribution in [1.29, 1.82) is 0 Å². The Hall–Kier alpha value is -16.5. The van der Waals surface area contributed by atoms with Crippen LogP contribution in [-0.2, 0) is 10.8 Å². The lowest BCUT2D eigenvalue weighted by Gasteiger charge is -2.29. The lowest BCUT2D eigenvalue weighted by Crippen LogP contribution is -2.17. The molecule has 24 aromatic rings. The van der Waals surface area contributed by atoms with Gasteiger partial charge >= 0.3 is 0 Å². The van der Waals surface area contributed by atoms with Gasteiger partial charge in [0.25, 0.3) is 0 Å². The van der Waals surface area contributed by atoms with Gasteiger partial charge in [-0.15, -0.1) is 0 Å².